The van der Waals surface area contributed by atoms with Gasteiger partial charge in [0, 0.05) is 0 Å². The van der Waals surface area contributed by atoms with E-state index in [1.807, 2.05) is 6.92 Å². The average Bonchev–Trinajstić information content (AvgIpc) is 2.01. The van der Waals surface area contributed by atoms with Crippen molar-refractivity contribution < 1.29 is 20.1 Å². The topological polar surface area (TPSA) is 69.9 Å². The van der Waals surface area contributed by atoms with Crippen LogP contribution >= 0.6 is 0 Å². The van der Waals surface area contributed by atoms with E-state index in [1.54, 1.807) is 0 Å². The van der Waals surface area contributed by atoms with Gasteiger partial charge in [-0.25, -0.2) is 0 Å². The summed E-state index contributed by atoms with van der Waals surface area (Å²) >= 11 is 0. The van der Waals surface area contributed by atoms with E-state index in [1.165, 1.54) is 0 Å². The molecule has 0 aliphatic carbocycles. The largest absolute Gasteiger partial charge is 0.388 e. The van der Waals surface area contributed by atoms with E-state index in [9.17, 15) is 5.11 Å². The van der Waals surface area contributed by atoms with Gasteiger partial charge in [-0.2, -0.15) is 0 Å². The Kier molecular flexibility index (Phi) is 2.84. The van der Waals surface area contributed by atoms with Gasteiger partial charge in [-0.05, 0) is 6.42 Å². The quantitative estimate of drug-likeness (QED) is 0.456. The van der Waals surface area contributed by atoms with Gasteiger partial charge in [-0.3, -0.25) is 0 Å². The minimum atomic E-state index is -1.06. The maximum Gasteiger partial charge on any atom is 0.111 e. The van der Waals surface area contributed by atoms with Gasteiger partial charge in [0.05, 0.1) is 12.7 Å². The summed E-state index contributed by atoms with van der Waals surface area (Å²) in [6.07, 6.45) is -2.66. The Labute approximate surface area is 65.4 Å². The van der Waals surface area contributed by atoms with Crippen molar-refractivity contribution >= 4 is 0 Å². The van der Waals surface area contributed by atoms with Crippen molar-refractivity contribution in [3.05, 3.63) is 0 Å². The Morgan fingerprint density at radius 2 is 1.91 bits per heavy atom. The fourth-order valence-corrected chi connectivity index (χ4v) is 1.23. The third-order valence-electron chi connectivity index (χ3n) is 2.01. The first-order valence-electron chi connectivity index (χ1n) is 3.82. The van der Waals surface area contributed by atoms with Crippen LogP contribution in [0.25, 0.3) is 0 Å². The molecule has 0 aromatic heterocycles. The minimum Gasteiger partial charge on any atom is -0.388 e. The normalized spacial score (nSPS) is 45.8. The highest BCUT2D eigenvalue weighted by Gasteiger charge is 2.36. The van der Waals surface area contributed by atoms with Gasteiger partial charge in [0.25, 0.3) is 0 Å². The van der Waals surface area contributed by atoms with Crippen LogP contribution in [0.1, 0.15) is 13.3 Å². The number of ether oxygens (including phenoxy) is 1. The van der Waals surface area contributed by atoms with Crippen LogP contribution in [-0.2, 0) is 4.74 Å². The maximum absolute atomic E-state index is 9.27. The number of aliphatic hydroxyl groups is 3. The standard InChI is InChI=1S/C7H14O4/c1-2-5-7(10)6(9)4(8)3-11-5/h4-10H,2-3H2,1H3/t4-,5?,6?,7+/m1/s1. The van der Waals surface area contributed by atoms with E-state index in [0.29, 0.717) is 6.42 Å². The molecule has 2 unspecified atom stereocenters. The Balaban J connectivity index is 2.52. The number of hydrogen-bond acceptors (Lipinski definition) is 4. The van der Waals surface area contributed by atoms with Crippen molar-refractivity contribution in [1.29, 1.82) is 0 Å². The molecule has 0 radical (unpaired) electrons. The van der Waals surface area contributed by atoms with Crippen molar-refractivity contribution in [1.82, 2.24) is 0 Å². The molecule has 1 aliphatic rings. The molecule has 1 aliphatic heterocycles. The molecule has 1 rings (SSSR count). The summed E-state index contributed by atoms with van der Waals surface area (Å²) in [5.74, 6) is 0. The van der Waals surface area contributed by atoms with Crippen molar-refractivity contribution in [3.8, 4) is 0 Å². The van der Waals surface area contributed by atoms with E-state index < -0.39 is 18.3 Å². The smallest absolute Gasteiger partial charge is 0.111 e. The van der Waals surface area contributed by atoms with Crippen molar-refractivity contribution in [3.63, 3.8) is 0 Å². The molecule has 4 atom stereocenters. The fourth-order valence-electron chi connectivity index (χ4n) is 1.23. The summed E-state index contributed by atoms with van der Waals surface area (Å²) in [6.45, 7) is 1.97. The van der Waals surface area contributed by atoms with Gasteiger partial charge in [0.15, 0.2) is 0 Å². The molecule has 4 heteroatoms. The summed E-state index contributed by atoms with van der Waals surface area (Å²) in [5.41, 5.74) is 0. The van der Waals surface area contributed by atoms with Crippen LogP contribution in [0.4, 0.5) is 0 Å². The molecule has 3 N–H and O–H groups in total. The average molecular weight is 162 g/mol. The molecular weight excluding hydrogens is 148 g/mol. The SMILES string of the molecule is CCC1OC[C@@H](O)C(O)[C@H]1O. The first kappa shape index (κ1) is 8.93. The van der Waals surface area contributed by atoms with Gasteiger partial charge in [0.1, 0.15) is 18.3 Å². The Morgan fingerprint density at radius 3 is 2.45 bits per heavy atom. The molecule has 0 spiro atoms. The second kappa shape index (κ2) is 3.49. The van der Waals surface area contributed by atoms with Crippen molar-refractivity contribution in [2.24, 2.45) is 0 Å². The van der Waals surface area contributed by atoms with E-state index >= 15 is 0 Å². The second-order valence-electron chi connectivity index (χ2n) is 2.83. The molecule has 0 aromatic carbocycles. The van der Waals surface area contributed by atoms with Crippen molar-refractivity contribution in [2.75, 3.05) is 6.61 Å². The molecule has 11 heavy (non-hydrogen) atoms. The fraction of sp³-hybridized carbons (Fsp3) is 1.00. The Bertz CT molecular complexity index is 126. The molecule has 0 amide bonds. The third kappa shape index (κ3) is 1.70. The maximum atomic E-state index is 9.27. The molecule has 1 fully saturated rings. The Morgan fingerprint density at radius 1 is 1.27 bits per heavy atom. The molecule has 0 bridgehead atoms. The van der Waals surface area contributed by atoms with Gasteiger partial charge >= 0.3 is 0 Å². The lowest BCUT2D eigenvalue weighted by atomic mass is 9.99. The molecule has 1 saturated heterocycles. The summed E-state index contributed by atoms with van der Waals surface area (Å²) in [4.78, 5) is 0. The first-order chi connectivity index (χ1) is 5.16. The highest BCUT2D eigenvalue weighted by Crippen LogP contribution is 2.17. The predicted molar refractivity (Wildman–Crippen MR) is 38.1 cm³/mol. The van der Waals surface area contributed by atoms with E-state index in [0.717, 1.165) is 0 Å². The second-order valence-corrected chi connectivity index (χ2v) is 2.83. The Hall–Kier alpha value is -0.160. The van der Waals surface area contributed by atoms with Gasteiger partial charge in [-0.15, -0.1) is 0 Å². The summed E-state index contributed by atoms with van der Waals surface area (Å²) in [7, 11) is 0. The minimum absolute atomic E-state index is 0.108. The lowest BCUT2D eigenvalue weighted by Crippen LogP contribution is -2.52. The van der Waals surface area contributed by atoms with E-state index in [2.05, 4.69) is 0 Å². The highest BCUT2D eigenvalue weighted by molar-refractivity contribution is 4.85. The lowest BCUT2D eigenvalue weighted by Gasteiger charge is -2.34. The van der Waals surface area contributed by atoms with Crippen molar-refractivity contribution in [2.45, 2.75) is 37.8 Å². The van der Waals surface area contributed by atoms with Crippen LogP contribution in [0.15, 0.2) is 0 Å². The molecule has 4 nitrogen and oxygen atoms in total. The molecular formula is C7H14O4. The van der Waals surface area contributed by atoms with Crippen LogP contribution in [0.2, 0.25) is 0 Å². The molecule has 1 heterocycles. The summed E-state index contributed by atoms with van der Waals surface area (Å²) in [6, 6.07) is 0. The number of aliphatic hydroxyl groups excluding tert-OH is 3. The van der Waals surface area contributed by atoms with E-state index in [4.69, 9.17) is 14.9 Å². The zero-order valence-electron chi connectivity index (χ0n) is 6.47. The first-order valence-corrected chi connectivity index (χ1v) is 3.82. The van der Waals surface area contributed by atoms with Gasteiger partial charge < -0.3 is 20.1 Å². The van der Waals surface area contributed by atoms with Crippen LogP contribution < -0.4 is 0 Å². The van der Waals surface area contributed by atoms with Gasteiger partial charge in [0.2, 0.25) is 0 Å². The van der Waals surface area contributed by atoms with E-state index in [-0.39, 0.29) is 12.7 Å². The van der Waals surface area contributed by atoms with Crippen LogP contribution in [0, 0.1) is 0 Å². The third-order valence-corrected chi connectivity index (χ3v) is 2.01. The van der Waals surface area contributed by atoms with Crippen LogP contribution in [0.3, 0.4) is 0 Å². The number of hydrogen-bond donors (Lipinski definition) is 3. The summed E-state index contributed by atoms with van der Waals surface area (Å²) in [5, 5.41) is 27.5. The predicted octanol–water partition coefficient (Wildman–Crippen LogP) is -1.12. The lowest BCUT2D eigenvalue weighted by molar-refractivity contribution is -0.187. The zero-order chi connectivity index (χ0) is 8.43. The molecule has 0 aromatic rings. The van der Waals surface area contributed by atoms with Crippen LogP contribution in [-0.4, -0.2) is 46.3 Å². The highest BCUT2D eigenvalue weighted by atomic mass is 16.5. The molecule has 0 saturated carbocycles. The van der Waals surface area contributed by atoms with Crippen LogP contribution in [0.5, 0.6) is 0 Å². The summed E-state index contributed by atoms with van der Waals surface area (Å²) < 4.78 is 5.06. The molecule has 66 valence electrons. The number of rotatable bonds is 1. The monoisotopic (exact) mass is 162 g/mol. The zero-order valence-corrected chi connectivity index (χ0v) is 6.47. The van der Waals surface area contributed by atoms with Gasteiger partial charge in [-0.1, -0.05) is 6.92 Å².